The van der Waals surface area contributed by atoms with Crippen LogP contribution in [0.1, 0.15) is 11.1 Å². The SMILES string of the molecule is Cc1ccc(Oc2cc(Oc3cccc(C(F)(F)F)c3)nc(-c3ccccc3)n2)cc1. The Bertz CT molecular complexity index is 1180. The Morgan fingerprint density at radius 1 is 0.677 bits per heavy atom. The third kappa shape index (κ3) is 5.19. The summed E-state index contributed by atoms with van der Waals surface area (Å²) in [6.45, 7) is 1.96. The van der Waals surface area contributed by atoms with Gasteiger partial charge in [-0.2, -0.15) is 23.1 Å². The average molecular weight is 422 g/mol. The second kappa shape index (κ2) is 8.47. The van der Waals surface area contributed by atoms with Gasteiger partial charge in [-0.15, -0.1) is 0 Å². The summed E-state index contributed by atoms with van der Waals surface area (Å²) in [7, 11) is 0. The van der Waals surface area contributed by atoms with Crippen LogP contribution in [0.4, 0.5) is 13.2 Å². The van der Waals surface area contributed by atoms with Crippen LogP contribution in [0.15, 0.2) is 84.9 Å². The van der Waals surface area contributed by atoms with E-state index in [1.807, 2.05) is 49.4 Å². The fourth-order valence-corrected chi connectivity index (χ4v) is 2.81. The Kier molecular flexibility index (Phi) is 5.58. The monoisotopic (exact) mass is 422 g/mol. The number of ether oxygens (including phenoxy) is 2. The molecule has 0 aliphatic rings. The minimum absolute atomic E-state index is 0.00817. The Morgan fingerprint density at radius 2 is 1.32 bits per heavy atom. The largest absolute Gasteiger partial charge is 0.439 e. The van der Waals surface area contributed by atoms with E-state index in [1.165, 1.54) is 18.2 Å². The molecule has 0 saturated heterocycles. The van der Waals surface area contributed by atoms with Crippen LogP contribution in [0.5, 0.6) is 23.3 Å². The lowest BCUT2D eigenvalue weighted by atomic mass is 10.2. The zero-order chi connectivity index (χ0) is 21.8. The summed E-state index contributed by atoms with van der Waals surface area (Å²) in [6.07, 6.45) is -4.47. The molecule has 1 heterocycles. The Balaban J connectivity index is 1.70. The van der Waals surface area contributed by atoms with E-state index in [4.69, 9.17) is 9.47 Å². The Labute approximate surface area is 176 Å². The fraction of sp³-hybridized carbons (Fsp3) is 0.0833. The molecule has 0 aliphatic heterocycles. The zero-order valence-corrected chi connectivity index (χ0v) is 16.4. The van der Waals surface area contributed by atoms with Gasteiger partial charge in [-0.3, -0.25) is 0 Å². The number of hydrogen-bond donors (Lipinski definition) is 0. The highest BCUT2D eigenvalue weighted by Gasteiger charge is 2.30. The fourth-order valence-electron chi connectivity index (χ4n) is 2.81. The zero-order valence-electron chi connectivity index (χ0n) is 16.4. The maximum absolute atomic E-state index is 13.0. The maximum Gasteiger partial charge on any atom is 0.416 e. The molecule has 4 nitrogen and oxygen atoms in total. The molecule has 4 aromatic rings. The molecule has 0 atom stereocenters. The molecule has 0 unspecified atom stereocenters. The quantitative estimate of drug-likeness (QED) is 0.345. The number of alkyl halides is 3. The molecule has 31 heavy (non-hydrogen) atoms. The smallest absolute Gasteiger partial charge is 0.416 e. The van der Waals surface area contributed by atoms with E-state index in [9.17, 15) is 13.2 Å². The highest BCUT2D eigenvalue weighted by atomic mass is 19.4. The summed E-state index contributed by atoms with van der Waals surface area (Å²) in [6, 6.07) is 22.6. The number of benzene rings is 3. The van der Waals surface area contributed by atoms with Crippen molar-refractivity contribution < 1.29 is 22.6 Å². The van der Waals surface area contributed by atoms with Crippen molar-refractivity contribution in [3.63, 3.8) is 0 Å². The molecule has 0 bridgehead atoms. The summed E-state index contributed by atoms with van der Waals surface area (Å²) < 4.78 is 50.6. The van der Waals surface area contributed by atoms with Crippen molar-refractivity contribution in [2.75, 3.05) is 0 Å². The average Bonchev–Trinajstić information content (AvgIpc) is 2.75. The molecular formula is C24H17F3N2O2. The van der Waals surface area contributed by atoms with Crippen LogP contribution in [0, 0.1) is 6.92 Å². The van der Waals surface area contributed by atoms with Gasteiger partial charge in [0.25, 0.3) is 0 Å². The van der Waals surface area contributed by atoms with Crippen molar-refractivity contribution in [1.82, 2.24) is 9.97 Å². The molecule has 0 radical (unpaired) electrons. The molecule has 0 aliphatic carbocycles. The van der Waals surface area contributed by atoms with Gasteiger partial charge in [-0.25, -0.2) is 0 Å². The molecule has 4 rings (SSSR count). The van der Waals surface area contributed by atoms with Crippen LogP contribution < -0.4 is 9.47 Å². The minimum atomic E-state index is -4.47. The number of halogens is 3. The highest BCUT2D eigenvalue weighted by molar-refractivity contribution is 5.56. The summed E-state index contributed by atoms with van der Waals surface area (Å²) in [4.78, 5) is 8.78. The van der Waals surface area contributed by atoms with Gasteiger partial charge in [0.2, 0.25) is 11.8 Å². The first kappa shape index (κ1) is 20.4. The predicted octanol–water partition coefficient (Wildman–Crippen LogP) is 7.06. The maximum atomic E-state index is 13.0. The second-order valence-electron chi connectivity index (χ2n) is 6.78. The molecular weight excluding hydrogens is 405 g/mol. The number of rotatable bonds is 5. The van der Waals surface area contributed by atoms with E-state index < -0.39 is 11.7 Å². The molecule has 3 aromatic carbocycles. The molecule has 7 heteroatoms. The lowest BCUT2D eigenvalue weighted by molar-refractivity contribution is -0.137. The summed E-state index contributed by atoms with van der Waals surface area (Å²) in [5.74, 6) is 1.17. The van der Waals surface area contributed by atoms with E-state index in [2.05, 4.69) is 9.97 Å². The van der Waals surface area contributed by atoms with E-state index in [1.54, 1.807) is 12.1 Å². The Morgan fingerprint density at radius 3 is 1.97 bits per heavy atom. The standard InChI is InChI=1S/C24H17F3N2O2/c1-16-10-12-19(13-11-16)30-21-15-22(29-23(28-21)17-6-3-2-4-7-17)31-20-9-5-8-18(14-20)24(25,26)27/h2-15H,1H3. The molecule has 0 saturated carbocycles. The summed E-state index contributed by atoms with van der Waals surface area (Å²) in [5, 5.41) is 0. The third-order valence-electron chi connectivity index (χ3n) is 4.34. The normalized spacial score (nSPS) is 11.2. The number of aromatic nitrogens is 2. The molecule has 156 valence electrons. The van der Waals surface area contributed by atoms with Gasteiger partial charge in [-0.05, 0) is 37.3 Å². The van der Waals surface area contributed by atoms with Gasteiger partial charge in [-0.1, -0.05) is 54.1 Å². The van der Waals surface area contributed by atoms with Crippen LogP contribution in [0.3, 0.4) is 0 Å². The predicted molar refractivity (Wildman–Crippen MR) is 110 cm³/mol. The van der Waals surface area contributed by atoms with Crippen LogP contribution >= 0.6 is 0 Å². The van der Waals surface area contributed by atoms with Crippen LogP contribution in [-0.4, -0.2) is 9.97 Å². The van der Waals surface area contributed by atoms with Gasteiger partial charge in [0.1, 0.15) is 11.5 Å². The topological polar surface area (TPSA) is 44.2 Å². The second-order valence-corrected chi connectivity index (χ2v) is 6.78. The molecule has 0 spiro atoms. The van der Waals surface area contributed by atoms with E-state index >= 15 is 0 Å². The van der Waals surface area contributed by atoms with Gasteiger partial charge in [0.15, 0.2) is 5.82 Å². The third-order valence-corrected chi connectivity index (χ3v) is 4.34. The summed E-state index contributed by atoms with van der Waals surface area (Å²) in [5.41, 5.74) is 0.984. The van der Waals surface area contributed by atoms with Crippen LogP contribution in [0.25, 0.3) is 11.4 Å². The Hall–Kier alpha value is -3.87. The highest BCUT2D eigenvalue weighted by Crippen LogP contribution is 2.34. The lowest BCUT2D eigenvalue weighted by Crippen LogP contribution is -2.04. The first-order valence-electron chi connectivity index (χ1n) is 9.41. The first-order valence-corrected chi connectivity index (χ1v) is 9.41. The van der Waals surface area contributed by atoms with Crippen LogP contribution in [-0.2, 0) is 6.18 Å². The lowest BCUT2D eigenvalue weighted by Gasteiger charge is -2.12. The van der Waals surface area contributed by atoms with Crippen molar-refractivity contribution in [1.29, 1.82) is 0 Å². The van der Waals surface area contributed by atoms with Gasteiger partial charge in [0, 0.05) is 5.56 Å². The molecule has 0 amide bonds. The van der Waals surface area contributed by atoms with Crippen LogP contribution in [0.2, 0.25) is 0 Å². The minimum Gasteiger partial charge on any atom is -0.439 e. The van der Waals surface area contributed by atoms with Crippen molar-refractivity contribution in [3.05, 3.63) is 96.1 Å². The van der Waals surface area contributed by atoms with E-state index in [-0.39, 0.29) is 17.5 Å². The summed E-state index contributed by atoms with van der Waals surface area (Å²) >= 11 is 0. The van der Waals surface area contributed by atoms with Crippen molar-refractivity contribution in [2.45, 2.75) is 13.1 Å². The number of aryl methyl sites for hydroxylation is 1. The molecule has 0 fully saturated rings. The van der Waals surface area contributed by atoms with Gasteiger partial charge in [0.05, 0.1) is 11.6 Å². The molecule has 1 aromatic heterocycles. The van der Waals surface area contributed by atoms with Crippen molar-refractivity contribution >= 4 is 0 Å². The van der Waals surface area contributed by atoms with Crippen molar-refractivity contribution in [3.8, 4) is 34.6 Å². The van der Waals surface area contributed by atoms with Gasteiger partial charge < -0.3 is 9.47 Å². The first-order chi connectivity index (χ1) is 14.9. The van der Waals surface area contributed by atoms with E-state index in [0.717, 1.165) is 17.7 Å². The van der Waals surface area contributed by atoms with E-state index in [0.29, 0.717) is 17.1 Å². The number of nitrogens with zero attached hydrogens (tertiary/aromatic N) is 2. The van der Waals surface area contributed by atoms with Crippen molar-refractivity contribution in [2.24, 2.45) is 0 Å². The molecule has 0 N–H and O–H groups in total. The number of hydrogen-bond acceptors (Lipinski definition) is 4. The van der Waals surface area contributed by atoms with Gasteiger partial charge >= 0.3 is 6.18 Å².